The Balaban J connectivity index is 1.52. The Bertz CT molecular complexity index is 476. The van der Waals surface area contributed by atoms with E-state index in [-0.39, 0.29) is 5.91 Å². The Kier molecular flexibility index (Phi) is 4.59. The van der Waals surface area contributed by atoms with Gasteiger partial charge in [-0.3, -0.25) is 9.69 Å². The standard InChI is InChI=1S/C18H26N2O/c1-14-7-9-15(10-8-14)18(21)19-16-11-12-20(13-16)17-5-3-2-4-6-17/h7-10,16-17H,2-6,11-13H2,1H3,(H,19,21). The van der Waals surface area contributed by atoms with Gasteiger partial charge in [-0.15, -0.1) is 0 Å². The Labute approximate surface area is 127 Å². The second-order valence-electron chi connectivity index (χ2n) is 6.61. The lowest BCUT2D eigenvalue weighted by Gasteiger charge is -2.31. The summed E-state index contributed by atoms with van der Waals surface area (Å²) in [6.07, 6.45) is 7.94. The molecule has 2 fully saturated rings. The van der Waals surface area contributed by atoms with Crippen LogP contribution in [0.5, 0.6) is 0 Å². The van der Waals surface area contributed by atoms with Gasteiger partial charge < -0.3 is 5.32 Å². The fourth-order valence-electron chi connectivity index (χ4n) is 3.66. The highest BCUT2D eigenvalue weighted by Crippen LogP contribution is 2.25. The lowest BCUT2D eigenvalue weighted by Crippen LogP contribution is -2.40. The third-order valence-corrected chi connectivity index (χ3v) is 4.96. The Morgan fingerprint density at radius 2 is 1.81 bits per heavy atom. The summed E-state index contributed by atoms with van der Waals surface area (Å²) in [4.78, 5) is 14.9. The third kappa shape index (κ3) is 3.65. The van der Waals surface area contributed by atoms with Gasteiger partial charge >= 0.3 is 0 Å². The average molecular weight is 286 g/mol. The fourth-order valence-corrected chi connectivity index (χ4v) is 3.66. The molecule has 1 saturated heterocycles. The van der Waals surface area contributed by atoms with Crippen LogP contribution < -0.4 is 5.32 Å². The quantitative estimate of drug-likeness (QED) is 0.926. The predicted octanol–water partition coefficient (Wildman–Crippen LogP) is 3.13. The van der Waals surface area contributed by atoms with E-state index >= 15 is 0 Å². The van der Waals surface area contributed by atoms with Crippen molar-refractivity contribution in [3.8, 4) is 0 Å². The van der Waals surface area contributed by atoms with Crippen molar-refractivity contribution in [2.24, 2.45) is 0 Å². The molecule has 1 atom stereocenters. The number of aryl methyl sites for hydroxylation is 1. The van der Waals surface area contributed by atoms with Crippen molar-refractivity contribution in [2.75, 3.05) is 13.1 Å². The van der Waals surface area contributed by atoms with Crippen molar-refractivity contribution in [1.29, 1.82) is 0 Å². The molecule has 1 aliphatic carbocycles. The minimum absolute atomic E-state index is 0.0745. The number of carbonyl (C=O) groups is 1. The molecule has 3 nitrogen and oxygen atoms in total. The van der Waals surface area contributed by atoms with Crippen molar-refractivity contribution in [2.45, 2.75) is 57.5 Å². The molecule has 0 spiro atoms. The number of nitrogens with one attached hydrogen (secondary N) is 1. The van der Waals surface area contributed by atoms with Crippen molar-refractivity contribution >= 4 is 5.91 Å². The molecule has 114 valence electrons. The van der Waals surface area contributed by atoms with E-state index in [2.05, 4.69) is 10.2 Å². The van der Waals surface area contributed by atoms with E-state index in [0.29, 0.717) is 6.04 Å². The van der Waals surface area contributed by atoms with Gasteiger partial charge in [-0.2, -0.15) is 0 Å². The molecule has 0 aromatic heterocycles. The van der Waals surface area contributed by atoms with Crippen LogP contribution in [0, 0.1) is 6.92 Å². The molecule has 0 radical (unpaired) electrons. The van der Waals surface area contributed by atoms with Crippen LogP contribution in [-0.2, 0) is 0 Å². The van der Waals surface area contributed by atoms with Crippen LogP contribution in [0.15, 0.2) is 24.3 Å². The molecule has 2 aliphatic rings. The SMILES string of the molecule is Cc1ccc(C(=O)NC2CCN(C3CCCCC3)C2)cc1. The zero-order valence-corrected chi connectivity index (χ0v) is 13.0. The van der Waals surface area contributed by atoms with Gasteiger partial charge in [-0.1, -0.05) is 37.0 Å². The van der Waals surface area contributed by atoms with Gasteiger partial charge in [0.25, 0.3) is 5.91 Å². The van der Waals surface area contributed by atoms with E-state index in [1.165, 1.54) is 37.7 Å². The number of benzene rings is 1. The summed E-state index contributed by atoms with van der Waals surface area (Å²) in [5, 5.41) is 3.20. The maximum absolute atomic E-state index is 12.3. The zero-order valence-electron chi connectivity index (χ0n) is 13.0. The molecule has 1 aromatic rings. The van der Waals surface area contributed by atoms with Gasteiger partial charge in [0.2, 0.25) is 0 Å². The Morgan fingerprint density at radius 1 is 1.10 bits per heavy atom. The predicted molar refractivity (Wildman–Crippen MR) is 85.5 cm³/mol. The molecule has 1 aliphatic heterocycles. The summed E-state index contributed by atoms with van der Waals surface area (Å²) in [5.74, 6) is 0.0745. The lowest BCUT2D eigenvalue weighted by molar-refractivity contribution is 0.0934. The van der Waals surface area contributed by atoms with E-state index in [1.807, 2.05) is 31.2 Å². The molecule has 1 aromatic carbocycles. The van der Waals surface area contributed by atoms with E-state index in [4.69, 9.17) is 0 Å². The number of carbonyl (C=O) groups excluding carboxylic acids is 1. The first-order valence-electron chi connectivity index (χ1n) is 8.34. The van der Waals surface area contributed by atoms with Gasteiger partial charge in [-0.25, -0.2) is 0 Å². The monoisotopic (exact) mass is 286 g/mol. The van der Waals surface area contributed by atoms with Crippen LogP contribution in [0.3, 0.4) is 0 Å². The highest BCUT2D eigenvalue weighted by Gasteiger charge is 2.29. The summed E-state index contributed by atoms with van der Waals surface area (Å²) >= 11 is 0. The van der Waals surface area contributed by atoms with Crippen molar-refractivity contribution in [3.63, 3.8) is 0 Å². The smallest absolute Gasteiger partial charge is 0.251 e. The summed E-state index contributed by atoms with van der Waals surface area (Å²) < 4.78 is 0. The first kappa shape index (κ1) is 14.6. The second-order valence-corrected chi connectivity index (χ2v) is 6.61. The summed E-state index contributed by atoms with van der Waals surface area (Å²) in [7, 11) is 0. The van der Waals surface area contributed by atoms with Gasteiger partial charge in [0, 0.05) is 30.7 Å². The molecule has 1 saturated carbocycles. The number of likely N-dealkylation sites (tertiary alicyclic amines) is 1. The van der Waals surface area contributed by atoms with E-state index in [1.54, 1.807) is 0 Å². The molecule has 21 heavy (non-hydrogen) atoms. The minimum atomic E-state index is 0.0745. The normalized spacial score (nSPS) is 24.1. The number of hydrogen-bond acceptors (Lipinski definition) is 2. The van der Waals surface area contributed by atoms with Crippen LogP contribution in [0.2, 0.25) is 0 Å². The highest BCUT2D eigenvalue weighted by molar-refractivity contribution is 5.94. The summed E-state index contributed by atoms with van der Waals surface area (Å²) in [5.41, 5.74) is 1.97. The largest absolute Gasteiger partial charge is 0.348 e. The van der Waals surface area contributed by atoms with Gasteiger partial charge in [0.15, 0.2) is 0 Å². The van der Waals surface area contributed by atoms with Crippen molar-refractivity contribution < 1.29 is 4.79 Å². The van der Waals surface area contributed by atoms with Crippen LogP contribution in [0.25, 0.3) is 0 Å². The van der Waals surface area contributed by atoms with Crippen molar-refractivity contribution in [3.05, 3.63) is 35.4 Å². The molecule has 3 rings (SSSR count). The minimum Gasteiger partial charge on any atom is -0.348 e. The molecular weight excluding hydrogens is 260 g/mol. The molecule has 1 amide bonds. The van der Waals surface area contributed by atoms with Crippen LogP contribution >= 0.6 is 0 Å². The van der Waals surface area contributed by atoms with E-state index < -0.39 is 0 Å². The number of nitrogens with zero attached hydrogens (tertiary/aromatic N) is 1. The zero-order chi connectivity index (χ0) is 14.7. The van der Waals surface area contributed by atoms with E-state index in [9.17, 15) is 4.79 Å². The lowest BCUT2D eigenvalue weighted by atomic mass is 9.94. The summed E-state index contributed by atoms with van der Waals surface area (Å²) in [6, 6.07) is 8.91. The number of hydrogen-bond donors (Lipinski definition) is 1. The first-order chi connectivity index (χ1) is 10.2. The second kappa shape index (κ2) is 6.61. The molecule has 1 N–H and O–H groups in total. The Hall–Kier alpha value is -1.35. The molecule has 1 heterocycles. The number of rotatable bonds is 3. The van der Waals surface area contributed by atoms with Crippen LogP contribution in [0.1, 0.15) is 54.4 Å². The topological polar surface area (TPSA) is 32.3 Å². The Morgan fingerprint density at radius 3 is 2.52 bits per heavy atom. The molecule has 3 heteroatoms. The maximum Gasteiger partial charge on any atom is 0.251 e. The molecule has 1 unspecified atom stereocenters. The first-order valence-corrected chi connectivity index (χ1v) is 8.34. The van der Waals surface area contributed by atoms with Gasteiger partial charge in [0.1, 0.15) is 0 Å². The van der Waals surface area contributed by atoms with Crippen LogP contribution in [-0.4, -0.2) is 36.0 Å². The third-order valence-electron chi connectivity index (χ3n) is 4.96. The maximum atomic E-state index is 12.3. The van der Waals surface area contributed by atoms with Crippen molar-refractivity contribution in [1.82, 2.24) is 10.2 Å². The number of amides is 1. The fraction of sp³-hybridized carbons (Fsp3) is 0.611. The van der Waals surface area contributed by atoms with Gasteiger partial charge in [0.05, 0.1) is 0 Å². The summed E-state index contributed by atoms with van der Waals surface area (Å²) in [6.45, 7) is 4.21. The highest BCUT2D eigenvalue weighted by atomic mass is 16.1. The van der Waals surface area contributed by atoms with E-state index in [0.717, 1.165) is 31.1 Å². The van der Waals surface area contributed by atoms with Crippen LogP contribution in [0.4, 0.5) is 0 Å². The van der Waals surface area contributed by atoms with Gasteiger partial charge in [-0.05, 0) is 38.3 Å². The molecular formula is C18H26N2O. The average Bonchev–Trinajstić information content (AvgIpc) is 2.97. The molecule has 0 bridgehead atoms.